The minimum absolute atomic E-state index is 0.213. The second-order valence-corrected chi connectivity index (χ2v) is 17.8. The highest BCUT2D eigenvalue weighted by Crippen LogP contribution is 2.70. The minimum atomic E-state index is -3.97. The van der Waals surface area contributed by atoms with Gasteiger partial charge in [0.15, 0.2) is 6.04 Å². The number of amides is 1. The molecule has 3 N–H and O–H groups in total. The number of aliphatic carboxylic acids is 1. The Kier molecular flexibility index (Phi) is 13.2. The molecule has 0 bridgehead atoms. The fourth-order valence-electron chi connectivity index (χ4n) is 8.13. The molecule has 0 radical (unpaired) electrons. The van der Waals surface area contributed by atoms with Gasteiger partial charge in [0.1, 0.15) is 5.69 Å². The summed E-state index contributed by atoms with van der Waals surface area (Å²) in [5.74, 6) is -1.71. The number of aromatic nitrogens is 1. The van der Waals surface area contributed by atoms with Gasteiger partial charge in [0, 0.05) is 34.4 Å². The highest BCUT2D eigenvalue weighted by atomic mass is 35.5. The zero-order chi connectivity index (χ0) is 42.4. The molecule has 2 heterocycles. The van der Waals surface area contributed by atoms with Crippen molar-refractivity contribution in [2.75, 3.05) is 5.32 Å². The number of benzene rings is 5. The van der Waals surface area contributed by atoms with Gasteiger partial charge < -0.3 is 10.4 Å². The van der Waals surface area contributed by atoms with E-state index in [1.807, 2.05) is 104 Å². The number of anilines is 1. The van der Waals surface area contributed by atoms with Crippen molar-refractivity contribution in [3.63, 3.8) is 0 Å². The number of nitrogens with one attached hydrogen (secondary N) is 2. The summed E-state index contributed by atoms with van der Waals surface area (Å²) in [5.41, 5.74) is 4.37. The molecule has 7 rings (SSSR count). The van der Waals surface area contributed by atoms with Crippen LogP contribution in [0.25, 0.3) is 0 Å². The lowest BCUT2D eigenvalue weighted by molar-refractivity contribution is -0.139. The molecule has 0 saturated carbocycles. The predicted octanol–water partition coefficient (Wildman–Crippen LogP) is 10.6. The monoisotopic (exact) mass is 838 g/mol. The first-order chi connectivity index (χ1) is 29.0. The number of carbonyl (C=O) groups excluding carboxylic acids is 1. The van der Waals surface area contributed by atoms with E-state index in [-0.39, 0.29) is 34.9 Å². The van der Waals surface area contributed by atoms with Crippen molar-refractivity contribution in [3.05, 3.63) is 202 Å². The molecular formula is C48H48ClN6O4P. The molecule has 1 saturated heterocycles. The molecule has 5 aromatic carbocycles. The molecular weight excluding hydrogens is 791 g/mol. The summed E-state index contributed by atoms with van der Waals surface area (Å²) >= 11 is 7.01. The minimum Gasteiger partial charge on any atom is -0.480 e. The fourth-order valence-corrected chi connectivity index (χ4v) is 12.0. The first-order valence-electron chi connectivity index (χ1n) is 20.0. The predicted molar refractivity (Wildman–Crippen MR) is 239 cm³/mol. The van der Waals surface area contributed by atoms with Gasteiger partial charge in [-0.25, -0.2) is 19.2 Å². The standard InChI is InChI=1S/C48H48ClN6O4P/c1-32(2)54-45(35-22-10-6-11-23-35)46(36-24-12-7-13-25-36)55(33(3)4)60(54,59)53-43(37-26-14-16-28-39(37)49)44(48(57)58)52-42(34-20-8-5-9-21-34)38-27-15-17-29-40(38)51-47(56)41-30-18-19-31-50-41/h5-33,43-46H,1-4H3,(H,51,56)(H,53,59)(H,57,58)/t43-,44+,45+,46+/m0/s1. The fraction of sp³-hybridized carbons (Fsp3) is 0.208. The third kappa shape index (κ3) is 8.75. The molecule has 10 nitrogen and oxygen atoms in total. The van der Waals surface area contributed by atoms with Crippen molar-refractivity contribution in [2.24, 2.45) is 4.99 Å². The van der Waals surface area contributed by atoms with Crippen LogP contribution in [0.3, 0.4) is 0 Å². The Bertz CT molecular complexity index is 2430. The number of para-hydroxylation sites is 1. The highest BCUT2D eigenvalue weighted by molar-refractivity contribution is 7.57. The van der Waals surface area contributed by atoms with E-state index in [1.165, 1.54) is 6.20 Å². The summed E-state index contributed by atoms with van der Waals surface area (Å²) in [6.45, 7) is 8.04. The van der Waals surface area contributed by atoms with E-state index in [2.05, 4.69) is 39.7 Å². The number of hydrogen-bond donors (Lipinski definition) is 3. The lowest BCUT2D eigenvalue weighted by atomic mass is 9.92. The van der Waals surface area contributed by atoms with Crippen LogP contribution >= 0.6 is 19.2 Å². The summed E-state index contributed by atoms with van der Waals surface area (Å²) in [5, 5.41) is 18.2. The van der Waals surface area contributed by atoms with Crippen molar-refractivity contribution in [2.45, 2.75) is 63.9 Å². The van der Waals surface area contributed by atoms with E-state index in [9.17, 15) is 14.7 Å². The third-order valence-corrected chi connectivity index (χ3v) is 14.2. The van der Waals surface area contributed by atoms with Gasteiger partial charge in [-0.05, 0) is 68.7 Å². The Morgan fingerprint density at radius 3 is 1.75 bits per heavy atom. The van der Waals surface area contributed by atoms with Gasteiger partial charge in [0.25, 0.3) is 13.5 Å². The average molecular weight is 839 g/mol. The second kappa shape index (κ2) is 18.7. The number of carboxylic acid groups (broad SMARTS) is 1. The van der Waals surface area contributed by atoms with Crippen LogP contribution in [0.15, 0.2) is 169 Å². The van der Waals surface area contributed by atoms with Crippen molar-refractivity contribution >= 4 is 42.5 Å². The lowest BCUT2D eigenvalue weighted by Gasteiger charge is -2.39. The molecule has 1 aliphatic rings. The molecule has 1 amide bonds. The normalized spacial score (nSPS) is 18.0. The van der Waals surface area contributed by atoms with Crippen LogP contribution in [-0.2, 0) is 9.36 Å². The first-order valence-corrected chi connectivity index (χ1v) is 22.0. The van der Waals surface area contributed by atoms with E-state index in [0.29, 0.717) is 28.1 Å². The van der Waals surface area contributed by atoms with Crippen molar-refractivity contribution < 1.29 is 19.3 Å². The van der Waals surface area contributed by atoms with E-state index >= 15 is 4.57 Å². The zero-order valence-electron chi connectivity index (χ0n) is 33.8. The maximum absolute atomic E-state index is 16.7. The number of aliphatic imine (C=N–C) groups is 1. The van der Waals surface area contributed by atoms with Crippen molar-refractivity contribution in [1.29, 1.82) is 0 Å². The molecule has 0 spiro atoms. The lowest BCUT2D eigenvalue weighted by Crippen LogP contribution is -2.43. The quantitative estimate of drug-likeness (QED) is 0.0731. The number of nitrogens with zero attached hydrogens (tertiary/aromatic N) is 4. The molecule has 1 fully saturated rings. The van der Waals surface area contributed by atoms with Gasteiger partial charge in [-0.15, -0.1) is 0 Å². The maximum Gasteiger partial charge on any atom is 0.330 e. The molecule has 4 atom stereocenters. The van der Waals surface area contributed by atoms with Crippen LogP contribution < -0.4 is 10.4 Å². The van der Waals surface area contributed by atoms with Crippen LogP contribution in [0.1, 0.15) is 84.1 Å². The number of rotatable bonds is 14. The van der Waals surface area contributed by atoms with E-state index in [0.717, 1.165) is 11.1 Å². The van der Waals surface area contributed by atoms with Crippen LogP contribution in [0, 0.1) is 0 Å². The van der Waals surface area contributed by atoms with Gasteiger partial charge in [0.05, 0.1) is 29.5 Å². The summed E-state index contributed by atoms with van der Waals surface area (Å²) in [4.78, 5) is 36.8. The Balaban J connectivity index is 1.44. The van der Waals surface area contributed by atoms with E-state index in [4.69, 9.17) is 16.6 Å². The van der Waals surface area contributed by atoms with Gasteiger partial charge >= 0.3 is 5.97 Å². The highest BCUT2D eigenvalue weighted by Gasteiger charge is 2.59. The van der Waals surface area contributed by atoms with Crippen LogP contribution in [0.4, 0.5) is 5.69 Å². The van der Waals surface area contributed by atoms with Gasteiger partial charge in [-0.2, -0.15) is 0 Å². The summed E-state index contributed by atoms with van der Waals surface area (Å²) in [7, 11) is -3.97. The SMILES string of the molecule is CC(C)N1[C@H](c2ccccc2)[C@@H](c2ccccc2)N(C(C)C)P1(=O)N[C@@H](c1ccccc1Cl)[C@@H](N=C(c1ccccc1)c1ccccc1NC(=O)c1ccccn1)C(=O)O. The Hall–Kier alpha value is -5.74. The smallest absolute Gasteiger partial charge is 0.330 e. The van der Waals surface area contributed by atoms with Crippen LogP contribution in [-0.4, -0.2) is 55.1 Å². The molecule has 1 aliphatic heterocycles. The van der Waals surface area contributed by atoms with E-state index < -0.39 is 31.6 Å². The first kappa shape index (κ1) is 42.4. The second-order valence-electron chi connectivity index (χ2n) is 15.2. The number of carboxylic acids is 1. The Morgan fingerprint density at radius 1 is 0.700 bits per heavy atom. The average Bonchev–Trinajstić information content (AvgIpc) is 3.54. The van der Waals surface area contributed by atoms with Gasteiger partial charge in [-0.1, -0.05) is 145 Å². The summed E-state index contributed by atoms with van der Waals surface area (Å²) in [6, 6.07) is 44.3. The molecule has 0 aliphatic carbocycles. The van der Waals surface area contributed by atoms with Crippen LogP contribution in [0.2, 0.25) is 5.02 Å². The molecule has 0 unspecified atom stereocenters. The molecule has 60 heavy (non-hydrogen) atoms. The van der Waals surface area contributed by atoms with Crippen molar-refractivity contribution in [1.82, 2.24) is 19.4 Å². The van der Waals surface area contributed by atoms with Crippen molar-refractivity contribution in [3.8, 4) is 0 Å². The molecule has 306 valence electrons. The molecule has 1 aromatic heterocycles. The number of halogens is 1. The third-order valence-electron chi connectivity index (χ3n) is 10.6. The molecule has 6 aromatic rings. The molecule has 12 heteroatoms. The Morgan fingerprint density at radius 2 is 1.22 bits per heavy atom. The van der Waals surface area contributed by atoms with Gasteiger partial charge in [0.2, 0.25) is 0 Å². The Labute approximate surface area is 356 Å². The largest absolute Gasteiger partial charge is 0.480 e. The topological polar surface area (TPSA) is 127 Å². The summed E-state index contributed by atoms with van der Waals surface area (Å²) in [6.07, 6.45) is 1.54. The van der Waals surface area contributed by atoms with E-state index in [1.54, 1.807) is 66.7 Å². The number of pyridine rings is 1. The van der Waals surface area contributed by atoms with Gasteiger partial charge in [-0.3, -0.25) is 19.3 Å². The van der Waals surface area contributed by atoms with Crippen LogP contribution in [0.5, 0.6) is 0 Å². The number of hydrogen-bond acceptors (Lipinski definition) is 5. The zero-order valence-corrected chi connectivity index (χ0v) is 35.5. The maximum atomic E-state index is 16.7. The summed E-state index contributed by atoms with van der Waals surface area (Å²) < 4.78 is 20.7. The number of carbonyl (C=O) groups is 2.